The molecular formula is C46H83NO7P+. The van der Waals surface area contributed by atoms with Gasteiger partial charge in [0.15, 0.2) is 6.10 Å². The van der Waals surface area contributed by atoms with Gasteiger partial charge in [-0.25, -0.2) is 4.57 Å². The largest absolute Gasteiger partial charge is 0.498 e. The molecule has 0 aromatic rings. The van der Waals surface area contributed by atoms with Crippen molar-refractivity contribution in [2.24, 2.45) is 0 Å². The number of hydrogen-bond donors (Lipinski definition) is 1. The van der Waals surface area contributed by atoms with Crippen molar-refractivity contribution >= 4 is 13.8 Å². The van der Waals surface area contributed by atoms with Gasteiger partial charge in [0, 0.05) is 6.42 Å². The standard InChI is InChI=1S/C46H82NO7P/c1-6-8-10-12-14-16-18-20-22-24-25-27-29-31-33-35-37-39-46(48)54-45(44-53-55(49,50)52-42-40-47(3,4)5)43-51-41-38-36-34-32-30-28-26-23-21-19-17-15-13-11-9-7-2/h14,16-17,19-20,22,25,27,31,33,38,41,45H,6-13,15,18,21,23-24,26,28-30,32,34-37,39-40,42-44H2,1-5H3/p+1/b16-14-,19-17-,22-20-,27-25-,33-31-,41-38-/t45-/m1/s1. The fraction of sp³-hybridized carbons (Fsp3) is 0.717. The van der Waals surface area contributed by atoms with E-state index in [1.54, 1.807) is 6.26 Å². The Hall–Kier alpha value is -2.22. The molecule has 0 aromatic carbocycles. The van der Waals surface area contributed by atoms with E-state index in [1.165, 1.54) is 96.3 Å². The summed E-state index contributed by atoms with van der Waals surface area (Å²) in [6, 6.07) is 0. The molecule has 0 spiro atoms. The van der Waals surface area contributed by atoms with Crippen molar-refractivity contribution in [3.05, 3.63) is 73.1 Å². The second kappa shape index (κ2) is 38.6. The summed E-state index contributed by atoms with van der Waals surface area (Å²) in [5.74, 6) is -0.394. The third-order valence-corrected chi connectivity index (χ3v) is 9.79. The molecule has 0 saturated carbocycles. The SMILES string of the molecule is CCCCC/C=C\C/C=C\C/C=C\C/C=C\CCCC(=O)O[C@H](CO/C=C\CCCCCCCC/C=C\CCCCCC)COP(=O)(O)OCC[N+](C)(C)C. The zero-order chi connectivity index (χ0) is 40.6. The van der Waals surface area contributed by atoms with Crippen molar-refractivity contribution in [3.63, 3.8) is 0 Å². The molecule has 318 valence electrons. The van der Waals surface area contributed by atoms with E-state index in [0.717, 1.165) is 38.5 Å². The Balaban J connectivity index is 4.43. The normalized spacial score (nSPS) is 14.4. The van der Waals surface area contributed by atoms with Crippen LogP contribution in [-0.4, -0.2) is 69.0 Å². The monoisotopic (exact) mass is 793 g/mol. The number of carbonyl (C=O) groups is 1. The second-order valence-electron chi connectivity index (χ2n) is 15.4. The van der Waals surface area contributed by atoms with E-state index in [2.05, 4.69) is 74.6 Å². The molecule has 0 aromatic heterocycles. The molecule has 0 bridgehead atoms. The number of quaternary nitrogens is 1. The topological polar surface area (TPSA) is 91.3 Å². The van der Waals surface area contributed by atoms with Crippen molar-refractivity contribution in [2.45, 2.75) is 168 Å². The number of allylic oxidation sites excluding steroid dienone is 11. The molecule has 8 nitrogen and oxygen atoms in total. The first-order valence-electron chi connectivity index (χ1n) is 21.7. The van der Waals surface area contributed by atoms with E-state index in [1.807, 2.05) is 27.2 Å². The third-order valence-electron chi connectivity index (χ3n) is 8.80. The van der Waals surface area contributed by atoms with Crippen LogP contribution in [0.5, 0.6) is 0 Å². The zero-order valence-electron chi connectivity index (χ0n) is 35.9. The molecular weight excluding hydrogens is 709 g/mol. The van der Waals surface area contributed by atoms with E-state index in [9.17, 15) is 14.3 Å². The fourth-order valence-electron chi connectivity index (χ4n) is 5.39. The molecule has 0 rings (SSSR count). The first kappa shape index (κ1) is 52.8. The number of carbonyl (C=O) groups excluding carboxylic acids is 1. The Morgan fingerprint density at radius 3 is 1.56 bits per heavy atom. The number of hydrogen-bond acceptors (Lipinski definition) is 6. The number of rotatable bonds is 39. The summed E-state index contributed by atoms with van der Waals surface area (Å²) in [6.07, 6.45) is 50.3. The fourth-order valence-corrected chi connectivity index (χ4v) is 6.13. The average Bonchev–Trinajstić information content (AvgIpc) is 3.13. The van der Waals surface area contributed by atoms with E-state index >= 15 is 0 Å². The summed E-state index contributed by atoms with van der Waals surface area (Å²) in [5.41, 5.74) is 0. The summed E-state index contributed by atoms with van der Waals surface area (Å²) < 4.78 is 34.6. The minimum Gasteiger partial charge on any atom is -0.498 e. The van der Waals surface area contributed by atoms with E-state index < -0.39 is 19.9 Å². The van der Waals surface area contributed by atoms with Crippen molar-refractivity contribution in [3.8, 4) is 0 Å². The molecule has 0 heterocycles. The van der Waals surface area contributed by atoms with E-state index in [4.69, 9.17) is 18.5 Å². The Morgan fingerprint density at radius 2 is 1.02 bits per heavy atom. The number of likely N-dealkylation sites (N-methyl/N-ethyl adjacent to an activating group) is 1. The number of ether oxygens (including phenoxy) is 2. The van der Waals surface area contributed by atoms with E-state index in [-0.39, 0.29) is 26.2 Å². The summed E-state index contributed by atoms with van der Waals surface area (Å²) in [7, 11) is 1.59. The molecule has 0 radical (unpaired) electrons. The summed E-state index contributed by atoms with van der Waals surface area (Å²) in [5, 5.41) is 0. The van der Waals surface area contributed by atoms with Gasteiger partial charge in [-0.1, -0.05) is 132 Å². The van der Waals surface area contributed by atoms with Gasteiger partial charge < -0.3 is 18.9 Å². The highest BCUT2D eigenvalue weighted by molar-refractivity contribution is 7.47. The smallest absolute Gasteiger partial charge is 0.472 e. The van der Waals surface area contributed by atoms with E-state index in [0.29, 0.717) is 17.4 Å². The number of phosphoric ester groups is 1. The van der Waals surface area contributed by atoms with Crippen LogP contribution in [0, 0.1) is 0 Å². The first-order chi connectivity index (χ1) is 26.6. The Morgan fingerprint density at radius 1 is 0.582 bits per heavy atom. The lowest BCUT2D eigenvalue weighted by Crippen LogP contribution is -2.37. The van der Waals surface area contributed by atoms with Crippen molar-refractivity contribution in [1.29, 1.82) is 0 Å². The maximum absolute atomic E-state index is 12.6. The summed E-state index contributed by atoms with van der Waals surface area (Å²) >= 11 is 0. The maximum Gasteiger partial charge on any atom is 0.472 e. The lowest BCUT2D eigenvalue weighted by molar-refractivity contribution is -0.870. The van der Waals surface area contributed by atoms with Crippen LogP contribution in [0.15, 0.2) is 73.1 Å². The van der Waals surface area contributed by atoms with Crippen LogP contribution < -0.4 is 0 Å². The molecule has 9 heteroatoms. The highest BCUT2D eigenvalue weighted by Crippen LogP contribution is 2.43. The van der Waals surface area contributed by atoms with Gasteiger partial charge >= 0.3 is 13.8 Å². The molecule has 0 saturated heterocycles. The quantitative estimate of drug-likeness (QED) is 0.0165. The molecule has 0 amide bonds. The zero-order valence-corrected chi connectivity index (χ0v) is 36.8. The van der Waals surface area contributed by atoms with Gasteiger partial charge in [0.05, 0.1) is 34.0 Å². The molecule has 0 aliphatic heterocycles. The van der Waals surface area contributed by atoms with Gasteiger partial charge in [0.1, 0.15) is 19.8 Å². The van der Waals surface area contributed by atoms with Gasteiger partial charge in [-0.15, -0.1) is 0 Å². The predicted molar refractivity (Wildman–Crippen MR) is 233 cm³/mol. The average molecular weight is 793 g/mol. The number of esters is 1. The summed E-state index contributed by atoms with van der Waals surface area (Å²) in [6.45, 7) is 4.80. The van der Waals surface area contributed by atoms with Crippen LogP contribution in [0.3, 0.4) is 0 Å². The van der Waals surface area contributed by atoms with Crippen LogP contribution in [0.1, 0.15) is 162 Å². The highest BCUT2D eigenvalue weighted by atomic mass is 31.2. The lowest BCUT2D eigenvalue weighted by atomic mass is 10.1. The molecule has 0 aliphatic rings. The van der Waals surface area contributed by atoms with Crippen LogP contribution >= 0.6 is 7.82 Å². The number of nitrogens with zero attached hydrogens (tertiary/aromatic N) is 1. The molecule has 55 heavy (non-hydrogen) atoms. The first-order valence-corrected chi connectivity index (χ1v) is 23.2. The Bertz CT molecular complexity index is 1110. The van der Waals surface area contributed by atoms with Crippen LogP contribution in [0.2, 0.25) is 0 Å². The molecule has 0 aliphatic carbocycles. The molecule has 0 fully saturated rings. The predicted octanol–water partition coefficient (Wildman–Crippen LogP) is 13.1. The number of phosphoric acid groups is 1. The van der Waals surface area contributed by atoms with Gasteiger partial charge in [-0.05, 0) is 89.5 Å². The molecule has 1 N–H and O–H groups in total. The van der Waals surface area contributed by atoms with Crippen molar-refractivity contribution in [1.82, 2.24) is 0 Å². The Kier molecular flexibility index (Phi) is 37.1. The molecule has 1 unspecified atom stereocenters. The van der Waals surface area contributed by atoms with Gasteiger partial charge in [0.2, 0.25) is 0 Å². The van der Waals surface area contributed by atoms with Gasteiger partial charge in [-0.2, -0.15) is 0 Å². The van der Waals surface area contributed by atoms with Crippen molar-refractivity contribution < 1.29 is 37.3 Å². The number of unbranched alkanes of at least 4 members (excludes halogenated alkanes) is 15. The minimum atomic E-state index is -4.31. The van der Waals surface area contributed by atoms with Crippen LogP contribution in [0.25, 0.3) is 0 Å². The van der Waals surface area contributed by atoms with Crippen LogP contribution in [0.4, 0.5) is 0 Å². The third kappa shape index (κ3) is 42.8. The summed E-state index contributed by atoms with van der Waals surface area (Å²) in [4.78, 5) is 22.8. The van der Waals surface area contributed by atoms with Crippen LogP contribution in [-0.2, 0) is 27.9 Å². The Labute approximate surface area is 338 Å². The molecule has 2 atom stereocenters. The second-order valence-corrected chi connectivity index (χ2v) is 16.9. The lowest BCUT2D eigenvalue weighted by Gasteiger charge is -2.24. The van der Waals surface area contributed by atoms with Crippen molar-refractivity contribution in [2.75, 3.05) is 47.5 Å². The van der Waals surface area contributed by atoms with Gasteiger partial charge in [0.25, 0.3) is 0 Å². The minimum absolute atomic E-state index is 0.0193. The maximum atomic E-state index is 12.6. The van der Waals surface area contributed by atoms with Gasteiger partial charge in [-0.3, -0.25) is 13.8 Å². The highest BCUT2D eigenvalue weighted by Gasteiger charge is 2.26.